The Morgan fingerprint density at radius 3 is 3.04 bits per heavy atom. The number of aliphatic imine (C=N–C) groups is 1. The van der Waals surface area contributed by atoms with Crippen molar-refractivity contribution in [2.75, 3.05) is 39.5 Å². The number of nitrogens with one attached hydrogen (secondary N) is 2. The molecule has 132 valence electrons. The second-order valence-electron chi connectivity index (χ2n) is 5.23. The van der Waals surface area contributed by atoms with Crippen LogP contribution in [0.25, 0.3) is 0 Å². The fourth-order valence-corrected chi connectivity index (χ4v) is 2.25. The lowest BCUT2D eigenvalue weighted by atomic mass is 10.3. The molecule has 2 N–H and O–H groups in total. The third kappa shape index (κ3) is 8.57. The Hall–Kier alpha value is -0.800. The van der Waals surface area contributed by atoms with Gasteiger partial charge in [-0.1, -0.05) is 0 Å². The quantitative estimate of drug-likeness (QED) is 0.268. The Morgan fingerprint density at radius 2 is 2.35 bits per heavy atom. The molecule has 1 aromatic heterocycles. The van der Waals surface area contributed by atoms with Gasteiger partial charge in [-0.15, -0.1) is 24.0 Å². The number of hydrogen-bond donors (Lipinski definition) is 2. The Kier molecular flexibility index (Phi) is 11.1. The summed E-state index contributed by atoms with van der Waals surface area (Å²) in [6.07, 6.45) is 4.76. The van der Waals surface area contributed by atoms with E-state index in [1.165, 1.54) is 0 Å². The molecule has 1 fully saturated rings. The molecule has 1 unspecified atom stereocenters. The summed E-state index contributed by atoms with van der Waals surface area (Å²) in [5.74, 6) is 1.83. The average molecular weight is 437 g/mol. The van der Waals surface area contributed by atoms with Gasteiger partial charge in [0.1, 0.15) is 5.76 Å². The lowest BCUT2D eigenvalue weighted by Crippen LogP contribution is -2.38. The van der Waals surface area contributed by atoms with Crippen LogP contribution in [0.2, 0.25) is 0 Å². The van der Waals surface area contributed by atoms with Gasteiger partial charge in [0.2, 0.25) is 0 Å². The van der Waals surface area contributed by atoms with E-state index in [-0.39, 0.29) is 30.1 Å². The Labute approximate surface area is 155 Å². The van der Waals surface area contributed by atoms with Crippen LogP contribution in [0.15, 0.2) is 27.8 Å². The molecule has 23 heavy (non-hydrogen) atoms. The van der Waals surface area contributed by atoms with Gasteiger partial charge in [-0.05, 0) is 31.9 Å². The van der Waals surface area contributed by atoms with Gasteiger partial charge in [-0.25, -0.2) is 0 Å². The minimum atomic E-state index is 0. The second kappa shape index (κ2) is 12.6. The number of hydrogen-bond acceptors (Lipinski definition) is 4. The first-order valence-electron chi connectivity index (χ1n) is 8.12. The van der Waals surface area contributed by atoms with Crippen LogP contribution < -0.4 is 10.6 Å². The predicted molar refractivity (Wildman–Crippen MR) is 102 cm³/mol. The van der Waals surface area contributed by atoms with E-state index in [9.17, 15) is 0 Å². The van der Waals surface area contributed by atoms with Gasteiger partial charge in [0.15, 0.2) is 5.96 Å². The predicted octanol–water partition coefficient (Wildman–Crippen LogP) is 2.19. The van der Waals surface area contributed by atoms with Gasteiger partial charge in [0.05, 0.1) is 19.0 Å². The molecule has 1 atom stereocenters. The largest absolute Gasteiger partial charge is 0.469 e. The Bertz CT molecular complexity index is 420. The highest BCUT2D eigenvalue weighted by Crippen LogP contribution is 2.08. The number of ether oxygens (including phenoxy) is 2. The van der Waals surface area contributed by atoms with Gasteiger partial charge in [-0.3, -0.25) is 4.99 Å². The Morgan fingerprint density at radius 1 is 1.43 bits per heavy atom. The molecule has 0 bridgehead atoms. The molecule has 7 heteroatoms. The smallest absolute Gasteiger partial charge is 0.191 e. The van der Waals surface area contributed by atoms with Gasteiger partial charge in [0, 0.05) is 39.3 Å². The highest BCUT2D eigenvalue weighted by atomic mass is 127. The first-order chi connectivity index (χ1) is 10.9. The molecule has 2 rings (SSSR count). The van der Waals surface area contributed by atoms with E-state index in [0.717, 1.165) is 70.4 Å². The van der Waals surface area contributed by atoms with Crippen molar-refractivity contribution in [1.82, 2.24) is 10.6 Å². The molecule has 0 radical (unpaired) electrons. The fourth-order valence-electron chi connectivity index (χ4n) is 2.25. The van der Waals surface area contributed by atoms with Crippen LogP contribution in [0.5, 0.6) is 0 Å². The summed E-state index contributed by atoms with van der Waals surface area (Å²) < 4.78 is 16.3. The van der Waals surface area contributed by atoms with Crippen molar-refractivity contribution in [3.05, 3.63) is 24.2 Å². The van der Waals surface area contributed by atoms with Crippen molar-refractivity contribution < 1.29 is 13.9 Å². The summed E-state index contributed by atoms with van der Waals surface area (Å²) in [6, 6.07) is 3.89. The third-order valence-corrected chi connectivity index (χ3v) is 3.40. The van der Waals surface area contributed by atoms with Crippen LogP contribution in [0.1, 0.15) is 25.5 Å². The first-order valence-corrected chi connectivity index (χ1v) is 8.12. The molecule has 1 saturated heterocycles. The van der Waals surface area contributed by atoms with Crippen LogP contribution in [0, 0.1) is 0 Å². The molecule has 0 spiro atoms. The van der Waals surface area contributed by atoms with Crippen molar-refractivity contribution >= 4 is 29.9 Å². The van der Waals surface area contributed by atoms with Gasteiger partial charge in [-0.2, -0.15) is 0 Å². The molecule has 1 aliphatic heterocycles. The minimum absolute atomic E-state index is 0. The van der Waals surface area contributed by atoms with Crippen molar-refractivity contribution in [1.29, 1.82) is 0 Å². The maximum Gasteiger partial charge on any atom is 0.191 e. The highest BCUT2D eigenvalue weighted by molar-refractivity contribution is 14.0. The van der Waals surface area contributed by atoms with Crippen LogP contribution in [0.4, 0.5) is 0 Å². The summed E-state index contributed by atoms with van der Waals surface area (Å²) >= 11 is 0. The van der Waals surface area contributed by atoms with Crippen LogP contribution in [-0.2, 0) is 15.9 Å². The monoisotopic (exact) mass is 437 g/mol. The van der Waals surface area contributed by atoms with Crippen molar-refractivity contribution in [2.24, 2.45) is 4.99 Å². The molecule has 1 aromatic rings. The number of halogens is 1. The summed E-state index contributed by atoms with van der Waals surface area (Å²) in [7, 11) is 0. The van der Waals surface area contributed by atoms with E-state index >= 15 is 0 Å². The van der Waals surface area contributed by atoms with Crippen LogP contribution in [-0.4, -0.2) is 51.5 Å². The summed E-state index contributed by atoms with van der Waals surface area (Å²) in [4.78, 5) is 4.55. The van der Waals surface area contributed by atoms with E-state index in [0.29, 0.717) is 0 Å². The number of guanidine groups is 1. The number of rotatable bonds is 9. The molecule has 6 nitrogen and oxygen atoms in total. The summed E-state index contributed by atoms with van der Waals surface area (Å²) in [6.45, 7) is 6.77. The minimum Gasteiger partial charge on any atom is -0.469 e. The Balaban J connectivity index is 0.00000264. The van der Waals surface area contributed by atoms with Crippen LogP contribution in [0.3, 0.4) is 0 Å². The van der Waals surface area contributed by atoms with Crippen LogP contribution >= 0.6 is 24.0 Å². The number of nitrogens with zero attached hydrogens (tertiary/aromatic N) is 1. The van der Waals surface area contributed by atoms with Gasteiger partial charge in [0.25, 0.3) is 0 Å². The van der Waals surface area contributed by atoms with E-state index in [1.54, 1.807) is 6.26 Å². The number of furan rings is 1. The fraction of sp³-hybridized carbons (Fsp3) is 0.688. The van der Waals surface area contributed by atoms with Gasteiger partial charge >= 0.3 is 0 Å². The zero-order chi connectivity index (χ0) is 15.5. The average Bonchev–Trinajstić information content (AvgIpc) is 3.20. The van der Waals surface area contributed by atoms with E-state index < -0.39 is 0 Å². The van der Waals surface area contributed by atoms with Crippen molar-refractivity contribution in [3.8, 4) is 0 Å². The second-order valence-corrected chi connectivity index (χ2v) is 5.23. The molecule has 0 aliphatic carbocycles. The zero-order valence-electron chi connectivity index (χ0n) is 13.8. The first kappa shape index (κ1) is 20.2. The standard InChI is InChI=1S/C16H27N3O3.HI/c1-2-17-16(19-9-6-14-5-3-10-21-14)18-8-4-11-22-15-7-12-20-13-15;/h3,5,10,15H,2,4,6-9,11-13H2,1H3,(H2,17,18,19);1H. The molecule has 0 saturated carbocycles. The third-order valence-electron chi connectivity index (χ3n) is 3.40. The van der Waals surface area contributed by atoms with E-state index in [1.807, 2.05) is 12.1 Å². The maximum atomic E-state index is 5.73. The molecular weight excluding hydrogens is 409 g/mol. The lowest BCUT2D eigenvalue weighted by Gasteiger charge is -2.11. The molecular formula is C16H28IN3O3. The van der Waals surface area contributed by atoms with E-state index in [4.69, 9.17) is 13.9 Å². The topological polar surface area (TPSA) is 68.0 Å². The molecule has 0 amide bonds. The van der Waals surface area contributed by atoms with Gasteiger partial charge < -0.3 is 24.5 Å². The summed E-state index contributed by atoms with van der Waals surface area (Å²) in [5, 5.41) is 6.55. The zero-order valence-corrected chi connectivity index (χ0v) is 16.1. The molecule has 1 aliphatic rings. The maximum absolute atomic E-state index is 5.73. The highest BCUT2D eigenvalue weighted by Gasteiger charge is 2.15. The summed E-state index contributed by atoms with van der Waals surface area (Å²) in [5.41, 5.74) is 0. The van der Waals surface area contributed by atoms with Crippen molar-refractivity contribution in [3.63, 3.8) is 0 Å². The normalized spacial score (nSPS) is 17.8. The lowest BCUT2D eigenvalue weighted by molar-refractivity contribution is 0.0424. The van der Waals surface area contributed by atoms with E-state index in [2.05, 4.69) is 22.5 Å². The SMILES string of the molecule is CCNC(=NCCCOC1CCOC1)NCCc1ccco1.I. The molecule has 0 aromatic carbocycles. The van der Waals surface area contributed by atoms with Crippen molar-refractivity contribution in [2.45, 2.75) is 32.3 Å². The molecule has 2 heterocycles.